The molecule has 0 aliphatic carbocycles. The summed E-state index contributed by atoms with van der Waals surface area (Å²) in [7, 11) is 4.81. The van der Waals surface area contributed by atoms with Crippen LogP contribution in [-0.4, -0.2) is 21.3 Å². The van der Waals surface area contributed by atoms with Gasteiger partial charge in [-0.05, 0) is 29.8 Å². The van der Waals surface area contributed by atoms with E-state index in [4.69, 9.17) is 18.6 Å². The van der Waals surface area contributed by atoms with Gasteiger partial charge in [-0.3, -0.25) is 0 Å². The molecule has 0 saturated carbocycles. The van der Waals surface area contributed by atoms with E-state index in [0.29, 0.717) is 30.3 Å². The van der Waals surface area contributed by atoms with E-state index >= 15 is 0 Å². The molecular weight excluding hydrogens is 258 g/mol. The molecule has 1 aromatic carbocycles. The summed E-state index contributed by atoms with van der Waals surface area (Å²) in [5, 5.41) is 3.30. The van der Waals surface area contributed by atoms with E-state index in [1.807, 2.05) is 24.3 Å². The topological polar surface area (TPSA) is 52.9 Å². The highest BCUT2D eigenvalue weighted by Crippen LogP contribution is 2.38. The Morgan fingerprint density at radius 1 is 1.00 bits per heavy atom. The van der Waals surface area contributed by atoms with E-state index < -0.39 is 0 Å². The van der Waals surface area contributed by atoms with Gasteiger partial charge in [-0.2, -0.15) is 0 Å². The number of nitrogens with one attached hydrogen (secondary N) is 1. The summed E-state index contributed by atoms with van der Waals surface area (Å²) in [6.45, 7) is 1.35. The van der Waals surface area contributed by atoms with Crippen LogP contribution in [0.2, 0.25) is 0 Å². The Morgan fingerprint density at radius 3 is 2.20 bits per heavy atom. The second-order valence-corrected chi connectivity index (χ2v) is 4.22. The molecule has 0 atom stereocenters. The molecule has 5 heteroatoms. The van der Waals surface area contributed by atoms with Crippen molar-refractivity contribution in [3.8, 4) is 17.2 Å². The third-order valence-corrected chi connectivity index (χ3v) is 2.93. The first-order valence-electron chi connectivity index (χ1n) is 6.30. The molecule has 1 aromatic heterocycles. The Labute approximate surface area is 118 Å². The SMILES string of the molecule is COc1cc(CNCc2ccco2)cc(OC)c1OC. The minimum absolute atomic E-state index is 0.602. The van der Waals surface area contributed by atoms with Crippen molar-refractivity contribution in [2.45, 2.75) is 13.1 Å². The second kappa shape index (κ2) is 6.86. The number of furan rings is 1. The summed E-state index contributed by atoms with van der Waals surface area (Å²) in [5.41, 5.74) is 1.05. The lowest BCUT2D eigenvalue weighted by molar-refractivity contribution is 0.323. The van der Waals surface area contributed by atoms with Crippen LogP contribution >= 0.6 is 0 Å². The highest BCUT2D eigenvalue weighted by atomic mass is 16.5. The van der Waals surface area contributed by atoms with E-state index in [1.165, 1.54) is 0 Å². The van der Waals surface area contributed by atoms with Crippen LogP contribution in [0.15, 0.2) is 34.9 Å². The number of hydrogen-bond donors (Lipinski definition) is 1. The highest BCUT2D eigenvalue weighted by Gasteiger charge is 2.12. The van der Waals surface area contributed by atoms with E-state index in [-0.39, 0.29) is 0 Å². The number of ether oxygens (including phenoxy) is 3. The molecule has 0 aliphatic rings. The van der Waals surface area contributed by atoms with Crippen molar-refractivity contribution in [3.63, 3.8) is 0 Å². The quantitative estimate of drug-likeness (QED) is 0.843. The predicted molar refractivity (Wildman–Crippen MR) is 75.3 cm³/mol. The maximum Gasteiger partial charge on any atom is 0.203 e. The van der Waals surface area contributed by atoms with E-state index in [9.17, 15) is 0 Å². The van der Waals surface area contributed by atoms with E-state index in [1.54, 1.807) is 27.6 Å². The lowest BCUT2D eigenvalue weighted by Crippen LogP contribution is -2.12. The smallest absolute Gasteiger partial charge is 0.203 e. The molecule has 0 aliphatic heterocycles. The summed E-state index contributed by atoms with van der Waals surface area (Å²) in [6, 6.07) is 7.66. The monoisotopic (exact) mass is 277 g/mol. The van der Waals surface area contributed by atoms with Crippen molar-refractivity contribution < 1.29 is 18.6 Å². The zero-order chi connectivity index (χ0) is 14.4. The molecule has 5 nitrogen and oxygen atoms in total. The Balaban J connectivity index is 2.07. The minimum atomic E-state index is 0.602. The Hall–Kier alpha value is -2.14. The first kappa shape index (κ1) is 14.3. The Bertz CT molecular complexity index is 512. The molecule has 20 heavy (non-hydrogen) atoms. The average Bonchev–Trinajstić information content (AvgIpc) is 2.99. The molecule has 1 N–H and O–H groups in total. The second-order valence-electron chi connectivity index (χ2n) is 4.22. The summed E-state index contributed by atoms with van der Waals surface area (Å²) in [6.07, 6.45) is 1.66. The summed E-state index contributed by atoms with van der Waals surface area (Å²) < 4.78 is 21.2. The number of rotatable bonds is 7. The number of hydrogen-bond acceptors (Lipinski definition) is 5. The normalized spacial score (nSPS) is 10.3. The number of benzene rings is 1. The van der Waals surface area contributed by atoms with Crippen molar-refractivity contribution in [1.82, 2.24) is 5.32 Å². The molecule has 108 valence electrons. The molecule has 2 aromatic rings. The van der Waals surface area contributed by atoms with Crippen molar-refractivity contribution in [3.05, 3.63) is 41.9 Å². The van der Waals surface area contributed by atoms with Gasteiger partial charge < -0.3 is 23.9 Å². The average molecular weight is 277 g/mol. The van der Waals surface area contributed by atoms with Crippen LogP contribution in [-0.2, 0) is 13.1 Å². The van der Waals surface area contributed by atoms with Crippen molar-refractivity contribution in [1.29, 1.82) is 0 Å². The lowest BCUT2D eigenvalue weighted by Gasteiger charge is -2.14. The zero-order valence-corrected chi connectivity index (χ0v) is 11.9. The standard InChI is InChI=1S/C15H19NO4/c1-17-13-7-11(8-14(18-2)15(13)19-3)9-16-10-12-5-4-6-20-12/h4-8,16H,9-10H2,1-3H3. The minimum Gasteiger partial charge on any atom is -0.493 e. The molecular formula is C15H19NO4. The first-order chi connectivity index (χ1) is 9.78. The van der Waals surface area contributed by atoms with Crippen LogP contribution in [0.25, 0.3) is 0 Å². The molecule has 0 unspecified atom stereocenters. The molecule has 0 radical (unpaired) electrons. The summed E-state index contributed by atoms with van der Waals surface area (Å²) >= 11 is 0. The van der Waals surface area contributed by atoms with Gasteiger partial charge in [0, 0.05) is 6.54 Å². The maximum atomic E-state index is 5.32. The molecule has 2 rings (SSSR count). The number of methoxy groups -OCH3 is 3. The molecule has 0 bridgehead atoms. The van der Waals surface area contributed by atoms with Gasteiger partial charge in [-0.25, -0.2) is 0 Å². The van der Waals surface area contributed by atoms with Crippen LogP contribution in [0, 0.1) is 0 Å². The fourth-order valence-electron chi connectivity index (χ4n) is 1.98. The first-order valence-corrected chi connectivity index (χ1v) is 6.30. The van der Waals surface area contributed by atoms with E-state index in [2.05, 4.69) is 5.32 Å². The lowest BCUT2D eigenvalue weighted by atomic mass is 10.1. The third-order valence-electron chi connectivity index (χ3n) is 2.93. The largest absolute Gasteiger partial charge is 0.493 e. The zero-order valence-electron chi connectivity index (χ0n) is 11.9. The van der Waals surface area contributed by atoms with Gasteiger partial charge in [-0.15, -0.1) is 0 Å². The van der Waals surface area contributed by atoms with Gasteiger partial charge in [0.25, 0.3) is 0 Å². The third kappa shape index (κ3) is 3.24. The van der Waals surface area contributed by atoms with Gasteiger partial charge in [0.15, 0.2) is 11.5 Å². The van der Waals surface area contributed by atoms with Gasteiger partial charge in [0.1, 0.15) is 5.76 Å². The highest BCUT2D eigenvalue weighted by molar-refractivity contribution is 5.53. The van der Waals surface area contributed by atoms with Gasteiger partial charge in [-0.1, -0.05) is 0 Å². The van der Waals surface area contributed by atoms with Gasteiger partial charge in [0.05, 0.1) is 34.1 Å². The van der Waals surface area contributed by atoms with Crippen molar-refractivity contribution in [2.24, 2.45) is 0 Å². The van der Waals surface area contributed by atoms with Crippen LogP contribution in [0.3, 0.4) is 0 Å². The molecule has 0 fully saturated rings. The maximum absolute atomic E-state index is 5.32. The van der Waals surface area contributed by atoms with E-state index in [0.717, 1.165) is 11.3 Å². The van der Waals surface area contributed by atoms with Crippen LogP contribution in [0.4, 0.5) is 0 Å². The fourth-order valence-corrected chi connectivity index (χ4v) is 1.98. The van der Waals surface area contributed by atoms with Crippen LogP contribution in [0.1, 0.15) is 11.3 Å². The molecule has 0 spiro atoms. The molecule has 1 heterocycles. The summed E-state index contributed by atoms with van der Waals surface area (Å²) in [5.74, 6) is 2.81. The predicted octanol–water partition coefficient (Wildman–Crippen LogP) is 2.60. The van der Waals surface area contributed by atoms with Crippen LogP contribution in [0.5, 0.6) is 17.2 Å². The Morgan fingerprint density at radius 2 is 1.70 bits per heavy atom. The van der Waals surface area contributed by atoms with Gasteiger partial charge >= 0.3 is 0 Å². The van der Waals surface area contributed by atoms with Gasteiger partial charge in [0.2, 0.25) is 5.75 Å². The van der Waals surface area contributed by atoms with Crippen molar-refractivity contribution >= 4 is 0 Å². The Kier molecular flexibility index (Phi) is 4.90. The summed E-state index contributed by atoms with van der Waals surface area (Å²) in [4.78, 5) is 0. The van der Waals surface area contributed by atoms with Crippen LogP contribution < -0.4 is 19.5 Å². The van der Waals surface area contributed by atoms with Crippen molar-refractivity contribution in [2.75, 3.05) is 21.3 Å². The fraction of sp³-hybridized carbons (Fsp3) is 0.333. The molecule has 0 amide bonds. The molecule has 0 saturated heterocycles.